The summed E-state index contributed by atoms with van der Waals surface area (Å²) < 4.78 is 38.1. The van der Waals surface area contributed by atoms with E-state index in [0.29, 0.717) is 27.8 Å². The van der Waals surface area contributed by atoms with E-state index in [2.05, 4.69) is 10.5 Å². The van der Waals surface area contributed by atoms with E-state index >= 15 is 0 Å². The van der Waals surface area contributed by atoms with Crippen molar-refractivity contribution in [2.24, 2.45) is 5.10 Å². The number of rotatable bonds is 9. The lowest BCUT2D eigenvalue weighted by Crippen LogP contribution is -2.39. The average Bonchev–Trinajstić information content (AvgIpc) is 2.83. The zero-order valence-corrected chi connectivity index (χ0v) is 19.5. The standard InChI is InChI=1S/C23H22ClN3O5S/c1-31-21-10-6-7-17(23(21)32-2)15-25-26-22(28)16-27(19-8-4-3-5-9-19)33(29,30)20-13-11-18(24)12-14-20/h3-15H,16H2,1-2H3,(H,26,28)/b25-15-. The molecule has 0 atom stereocenters. The summed E-state index contributed by atoms with van der Waals surface area (Å²) in [6.45, 7) is -0.485. The minimum Gasteiger partial charge on any atom is -0.493 e. The zero-order chi connectivity index (χ0) is 23.8. The van der Waals surface area contributed by atoms with Gasteiger partial charge in [-0.3, -0.25) is 9.10 Å². The number of hydrogen-bond donors (Lipinski definition) is 1. The maximum Gasteiger partial charge on any atom is 0.264 e. The second kappa shape index (κ2) is 10.8. The Morgan fingerprint density at radius 1 is 1.00 bits per heavy atom. The first kappa shape index (κ1) is 24.1. The van der Waals surface area contributed by atoms with Crippen LogP contribution in [-0.4, -0.2) is 41.3 Å². The highest BCUT2D eigenvalue weighted by molar-refractivity contribution is 7.92. The van der Waals surface area contributed by atoms with Crippen LogP contribution in [0.25, 0.3) is 0 Å². The largest absolute Gasteiger partial charge is 0.493 e. The number of anilines is 1. The van der Waals surface area contributed by atoms with Crippen molar-refractivity contribution in [3.8, 4) is 11.5 Å². The molecule has 3 aromatic rings. The highest BCUT2D eigenvalue weighted by atomic mass is 35.5. The predicted molar refractivity (Wildman–Crippen MR) is 128 cm³/mol. The summed E-state index contributed by atoms with van der Waals surface area (Å²) in [6, 6.07) is 19.3. The highest BCUT2D eigenvalue weighted by Crippen LogP contribution is 2.29. The van der Waals surface area contributed by atoms with Crippen LogP contribution in [0.4, 0.5) is 5.69 Å². The van der Waals surface area contributed by atoms with Crippen LogP contribution in [0.5, 0.6) is 11.5 Å². The number of nitrogens with zero attached hydrogens (tertiary/aromatic N) is 2. The van der Waals surface area contributed by atoms with Gasteiger partial charge in [-0.05, 0) is 48.5 Å². The molecule has 0 aliphatic heterocycles. The molecule has 3 aromatic carbocycles. The molecule has 0 saturated carbocycles. The molecular weight excluding hydrogens is 466 g/mol. The van der Waals surface area contributed by atoms with Crippen LogP contribution < -0.4 is 19.2 Å². The van der Waals surface area contributed by atoms with Crippen LogP contribution >= 0.6 is 11.6 Å². The Morgan fingerprint density at radius 2 is 1.70 bits per heavy atom. The van der Waals surface area contributed by atoms with Gasteiger partial charge in [0.25, 0.3) is 15.9 Å². The van der Waals surface area contributed by atoms with Crippen molar-refractivity contribution in [1.82, 2.24) is 5.43 Å². The van der Waals surface area contributed by atoms with Crippen molar-refractivity contribution >= 4 is 39.4 Å². The van der Waals surface area contributed by atoms with Crippen molar-refractivity contribution in [1.29, 1.82) is 0 Å². The fraction of sp³-hybridized carbons (Fsp3) is 0.130. The molecule has 0 aliphatic carbocycles. The molecule has 3 rings (SSSR count). The normalized spacial score (nSPS) is 11.2. The van der Waals surface area contributed by atoms with Gasteiger partial charge in [0.2, 0.25) is 0 Å². The van der Waals surface area contributed by atoms with E-state index in [1.54, 1.807) is 48.5 Å². The molecular formula is C23H22ClN3O5S. The van der Waals surface area contributed by atoms with Crippen molar-refractivity contribution in [3.63, 3.8) is 0 Å². The third-order valence-electron chi connectivity index (χ3n) is 4.56. The molecule has 172 valence electrons. The van der Waals surface area contributed by atoms with Gasteiger partial charge < -0.3 is 9.47 Å². The number of benzene rings is 3. The van der Waals surface area contributed by atoms with Gasteiger partial charge in [0.05, 0.1) is 31.0 Å². The summed E-state index contributed by atoms with van der Waals surface area (Å²) in [5.41, 5.74) is 3.27. The molecule has 0 bridgehead atoms. The fourth-order valence-corrected chi connectivity index (χ4v) is 4.54. The first-order valence-corrected chi connectivity index (χ1v) is 11.5. The average molecular weight is 488 g/mol. The minimum atomic E-state index is -4.04. The fourth-order valence-electron chi connectivity index (χ4n) is 3.00. The summed E-state index contributed by atoms with van der Waals surface area (Å²) >= 11 is 5.89. The Kier molecular flexibility index (Phi) is 7.92. The quantitative estimate of drug-likeness (QED) is 0.366. The molecule has 1 N–H and O–H groups in total. The van der Waals surface area contributed by atoms with E-state index in [1.165, 1.54) is 44.7 Å². The number of para-hydroxylation sites is 2. The van der Waals surface area contributed by atoms with E-state index in [-0.39, 0.29) is 4.90 Å². The molecule has 33 heavy (non-hydrogen) atoms. The zero-order valence-electron chi connectivity index (χ0n) is 17.9. The Balaban J connectivity index is 1.82. The highest BCUT2D eigenvalue weighted by Gasteiger charge is 2.27. The monoisotopic (exact) mass is 487 g/mol. The van der Waals surface area contributed by atoms with E-state index < -0.39 is 22.5 Å². The van der Waals surface area contributed by atoms with Crippen molar-refractivity contribution in [2.45, 2.75) is 4.90 Å². The number of carbonyl (C=O) groups is 1. The Bertz CT molecular complexity index is 1230. The Labute approximate surface area is 197 Å². The molecule has 1 amide bonds. The van der Waals surface area contributed by atoms with Gasteiger partial charge in [-0.25, -0.2) is 13.8 Å². The van der Waals surface area contributed by atoms with Gasteiger partial charge in [-0.1, -0.05) is 35.9 Å². The molecule has 0 radical (unpaired) electrons. The summed E-state index contributed by atoms with van der Waals surface area (Å²) in [6.07, 6.45) is 1.39. The van der Waals surface area contributed by atoms with Gasteiger partial charge >= 0.3 is 0 Å². The number of nitrogens with one attached hydrogen (secondary N) is 1. The minimum absolute atomic E-state index is 0.00757. The van der Waals surface area contributed by atoms with Gasteiger partial charge in [0, 0.05) is 10.6 Å². The molecule has 0 unspecified atom stereocenters. The summed E-state index contributed by atoms with van der Waals surface area (Å²) in [4.78, 5) is 12.6. The van der Waals surface area contributed by atoms with Gasteiger partial charge in [0.1, 0.15) is 6.54 Å². The van der Waals surface area contributed by atoms with Crippen molar-refractivity contribution < 1.29 is 22.7 Å². The number of halogens is 1. The number of ether oxygens (including phenoxy) is 2. The number of hydrogen-bond acceptors (Lipinski definition) is 6. The number of carbonyl (C=O) groups excluding carboxylic acids is 1. The molecule has 8 nitrogen and oxygen atoms in total. The van der Waals surface area contributed by atoms with Crippen LogP contribution in [-0.2, 0) is 14.8 Å². The van der Waals surface area contributed by atoms with E-state index in [0.717, 1.165) is 4.31 Å². The van der Waals surface area contributed by atoms with Gasteiger partial charge in [-0.15, -0.1) is 0 Å². The number of amides is 1. The molecule has 0 saturated heterocycles. The van der Waals surface area contributed by atoms with Crippen LogP contribution in [0, 0.1) is 0 Å². The van der Waals surface area contributed by atoms with Gasteiger partial charge in [0.15, 0.2) is 11.5 Å². The lowest BCUT2D eigenvalue weighted by molar-refractivity contribution is -0.119. The van der Waals surface area contributed by atoms with Crippen LogP contribution in [0.15, 0.2) is 82.8 Å². The molecule has 0 spiro atoms. The predicted octanol–water partition coefficient (Wildman–Crippen LogP) is 3.70. The number of methoxy groups -OCH3 is 2. The van der Waals surface area contributed by atoms with Gasteiger partial charge in [-0.2, -0.15) is 5.10 Å². The van der Waals surface area contributed by atoms with E-state index in [4.69, 9.17) is 21.1 Å². The summed E-state index contributed by atoms with van der Waals surface area (Å²) in [7, 11) is -1.03. The van der Waals surface area contributed by atoms with E-state index in [1.807, 2.05) is 0 Å². The van der Waals surface area contributed by atoms with Crippen molar-refractivity contribution in [3.05, 3.63) is 83.4 Å². The maximum atomic E-state index is 13.3. The van der Waals surface area contributed by atoms with E-state index in [9.17, 15) is 13.2 Å². The Hall–Kier alpha value is -3.56. The summed E-state index contributed by atoms with van der Waals surface area (Å²) in [5.74, 6) is 0.334. The number of sulfonamides is 1. The lowest BCUT2D eigenvalue weighted by atomic mass is 10.2. The lowest BCUT2D eigenvalue weighted by Gasteiger charge is -2.23. The third-order valence-corrected chi connectivity index (χ3v) is 6.60. The molecule has 0 aromatic heterocycles. The molecule has 10 heteroatoms. The summed E-state index contributed by atoms with van der Waals surface area (Å²) in [5, 5.41) is 4.34. The number of hydrazone groups is 1. The first-order valence-electron chi connectivity index (χ1n) is 9.73. The van der Waals surface area contributed by atoms with Crippen LogP contribution in [0.1, 0.15) is 5.56 Å². The molecule has 0 heterocycles. The van der Waals surface area contributed by atoms with Crippen molar-refractivity contribution in [2.75, 3.05) is 25.1 Å². The second-order valence-electron chi connectivity index (χ2n) is 6.68. The Morgan fingerprint density at radius 3 is 2.33 bits per heavy atom. The topological polar surface area (TPSA) is 97.3 Å². The SMILES string of the molecule is COc1cccc(/C=N\NC(=O)CN(c2ccccc2)S(=O)(=O)c2ccc(Cl)cc2)c1OC. The molecule has 0 fully saturated rings. The second-order valence-corrected chi connectivity index (χ2v) is 8.98. The van der Waals surface area contributed by atoms with Crippen LogP contribution in [0.2, 0.25) is 5.02 Å². The van der Waals surface area contributed by atoms with Crippen LogP contribution in [0.3, 0.4) is 0 Å². The smallest absolute Gasteiger partial charge is 0.264 e. The molecule has 0 aliphatic rings. The maximum absolute atomic E-state index is 13.3. The third kappa shape index (κ3) is 5.82. The first-order chi connectivity index (χ1) is 15.9.